The van der Waals surface area contributed by atoms with Crippen LogP contribution >= 0.6 is 11.6 Å². The van der Waals surface area contributed by atoms with Gasteiger partial charge >= 0.3 is 0 Å². The van der Waals surface area contributed by atoms with Crippen molar-refractivity contribution in [3.63, 3.8) is 0 Å². The fraction of sp³-hybridized carbons (Fsp3) is 0.464. The topological polar surface area (TPSA) is 39.5 Å². The number of aromatic nitrogens is 2. The molecule has 0 aliphatic heterocycles. The van der Waals surface area contributed by atoms with E-state index in [1.165, 1.54) is 6.07 Å². The second-order valence-corrected chi connectivity index (χ2v) is 9.63. The van der Waals surface area contributed by atoms with E-state index in [9.17, 15) is 4.39 Å². The number of imidazole rings is 1. The summed E-state index contributed by atoms with van der Waals surface area (Å²) in [6.07, 6.45) is 5.08. The first-order chi connectivity index (χ1) is 16.9. The molecule has 0 aliphatic carbocycles. The smallest absolute Gasteiger partial charge is 0.179 e. The summed E-state index contributed by atoms with van der Waals surface area (Å²) in [4.78, 5) is 7.10. The van der Waals surface area contributed by atoms with Gasteiger partial charge in [0.1, 0.15) is 11.6 Å². The molecular formula is C28H37ClFN3O2. The molecule has 3 rings (SSSR count). The van der Waals surface area contributed by atoms with Crippen LogP contribution in [0.3, 0.4) is 0 Å². The van der Waals surface area contributed by atoms with Crippen molar-refractivity contribution in [2.24, 2.45) is 5.92 Å². The van der Waals surface area contributed by atoms with Gasteiger partial charge in [-0.2, -0.15) is 0 Å². The molecule has 1 heterocycles. The molecule has 0 bridgehead atoms. The Kier molecular flexibility index (Phi) is 9.99. The van der Waals surface area contributed by atoms with Gasteiger partial charge in [-0.3, -0.25) is 4.90 Å². The first-order valence-electron chi connectivity index (χ1n) is 12.3. The van der Waals surface area contributed by atoms with Crippen LogP contribution in [0.25, 0.3) is 11.4 Å². The van der Waals surface area contributed by atoms with Crippen LogP contribution in [0, 0.1) is 11.7 Å². The van der Waals surface area contributed by atoms with Crippen molar-refractivity contribution in [2.45, 2.75) is 59.7 Å². The Labute approximate surface area is 213 Å². The molecule has 0 spiro atoms. The molecule has 0 aliphatic rings. The Morgan fingerprint density at radius 1 is 1.11 bits per heavy atom. The van der Waals surface area contributed by atoms with Gasteiger partial charge in [-0.15, -0.1) is 0 Å². The molecule has 5 nitrogen and oxygen atoms in total. The van der Waals surface area contributed by atoms with Crippen LogP contribution in [0.1, 0.15) is 51.3 Å². The number of benzene rings is 2. The van der Waals surface area contributed by atoms with Crippen LogP contribution in [0.2, 0.25) is 5.02 Å². The van der Waals surface area contributed by atoms with Crippen LogP contribution < -0.4 is 9.47 Å². The summed E-state index contributed by atoms with van der Waals surface area (Å²) in [7, 11) is 3.21. The maximum absolute atomic E-state index is 13.9. The lowest BCUT2D eigenvalue weighted by atomic mass is 10.1. The second kappa shape index (κ2) is 12.9. The molecule has 7 heteroatoms. The van der Waals surface area contributed by atoms with Gasteiger partial charge in [0.15, 0.2) is 11.5 Å². The molecule has 3 aromatic rings. The number of halogens is 2. The Morgan fingerprint density at radius 2 is 1.91 bits per heavy atom. The average Bonchev–Trinajstić information content (AvgIpc) is 3.24. The number of hydrogen-bond donors (Lipinski definition) is 0. The fourth-order valence-corrected chi connectivity index (χ4v) is 4.43. The van der Waals surface area contributed by atoms with Gasteiger partial charge in [0.25, 0.3) is 0 Å². The molecule has 0 saturated carbocycles. The molecule has 0 saturated heterocycles. The summed E-state index contributed by atoms with van der Waals surface area (Å²) < 4.78 is 27.1. The zero-order chi connectivity index (χ0) is 25.4. The molecule has 2 aromatic carbocycles. The predicted octanol–water partition coefficient (Wildman–Crippen LogP) is 7.21. The minimum atomic E-state index is -0.254. The summed E-state index contributed by atoms with van der Waals surface area (Å²) in [5.41, 5.74) is 2.89. The van der Waals surface area contributed by atoms with Crippen molar-refractivity contribution in [3.8, 4) is 22.9 Å². The molecular weight excluding hydrogens is 465 g/mol. The molecule has 0 amide bonds. The van der Waals surface area contributed by atoms with E-state index in [0.717, 1.165) is 55.0 Å². The van der Waals surface area contributed by atoms with Gasteiger partial charge < -0.3 is 14.0 Å². The minimum Gasteiger partial charge on any atom is -0.493 e. The van der Waals surface area contributed by atoms with Gasteiger partial charge in [0, 0.05) is 25.2 Å². The van der Waals surface area contributed by atoms with E-state index < -0.39 is 0 Å². The SMILES string of the molecule is CCCCn1c(CN(CCC(C)C)Cc2ccc(OC)c(OC)c2Cl)cnc1-c1cccc(F)c1. The Balaban J connectivity index is 1.93. The Bertz CT molecular complexity index is 1100. The maximum Gasteiger partial charge on any atom is 0.179 e. The third-order valence-corrected chi connectivity index (χ3v) is 6.54. The number of nitrogens with zero attached hydrogens (tertiary/aromatic N) is 3. The standard InChI is InChI=1S/C28H37ClFN3O2/c1-6-7-14-33-24(17-31-28(33)21-9-8-10-23(30)16-21)19-32(15-13-20(2)3)18-22-11-12-25(34-4)27(35-5)26(22)29/h8-12,16-17,20H,6-7,13-15,18-19H2,1-5H3. The van der Waals surface area contributed by atoms with Crippen LogP contribution in [0.15, 0.2) is 42.6 Å². The van der Waals surface area contributed by atoms with Gasteiger partial charge in [-0.25, -0.2) is 9.37 Å². The summed E-state index contributed by atoms with van der Waals surface area (Å²) in [5, 5.41) is 0.571. The van der Waals surface area contributed by atoms with Crippen molar-refractivity contribution in [2.75, 3.05) is 20.8 Å². The first kappa shape index (κ1) is 27.0. The Hall–Kier alpha value is -2.57. The zero-order valence-corrected chi connectivity index (χ0v) is 22.2. The van der Waals surface area contributed by atoms with Crippen molar-refractivity contribution >= 4 is 11.6 Å². The lowest BCUT2D eigenvalue weighted by molar-refractivity contribution is 0.234. The molecule has 0 unspecified atom stereocenters. The van der Waals surface area contributed by atoms with E-state index in [-0.39, 0.29) is 5.82 Å². The number of methoxy groups -OCH3 is 2. The van der Waals surface area contributed by atoms with Gasteiger partial charge in [0.2, 0.25) is 0 Å². The highest BCUT2D eigenvalue weighted by Gasteiger charge is 2.19. The van der Waals surface area contributed by atoms with E-state index in [1.807, 2.05) is 24.4 Å². The molecule has 190 valence electrons. The summed E-state index contributed by atoms with van der Waals surface area (Å²) in [6, 6.07) is 10.6. The van der Waals surface area contributed by atoms with E-state index in [1.54, 1.807) is 26.4 Å². The number of hydrogen-bond acceptors (Lipinski definition) is 4. The lowest BCUT2D eigenvalue weighted by Gasteiger charge is -2.25. The highest BCUT2D eigenvalue weighted by molar-refractivity contribution is 6.33. The first-order valence-corrected chi connectivity index (χ1v) is 12.7. The summed E-state index contributed by atoms with van der Waals surface area (Å²) in [6.45, 7) is 9.77. The highest BCUT2D eigenvalue weighted by atomic mass is 35.5. The van der Waals surface area contributed by atoms with Crippen LogP contribution in [-0.2, 0) is 19.6 Å². The molecule has 0 fully saturated rings. The van der Waals surface area contributed by atoms with Crippen LogP contribution in [0.5, 0.6) is 11.5 Å². The fourth-order valence-electron chi connectivity index (χ4n) is 4.14. The molecule has 0 N–H and O–H groups in total. The van der Waals surface area contributed by atoms with E-state index >= 15 is 0 Å². The summed E-state index contributed by atoms with van der Waals surface area (Å²) in [5.74, 6) is 2.30. The molecule has 0 atom stereocenters. The minimum absolute atomic E-state index is 0.254. The monoisotopic (exact) mass is 501 g/mol. The zero-order valence-electron chi connectivity index (χ0n) is 21.5. The maximum atomic E-state index is 13.9. The van der Waals surface area contributed by atoms with Crippen molar-refractivity contribution in [3.05, 3.63) is 64.7 Å². The molecule has 1 aromatic heterocycles. The normalized spacial score (nSPS) is 11.5. The van der Waals surface area contributed by atoms with E-state index in [4.69, 9.17) is 26.1 Å². The second-order valence-electron chi connectivity index (χ2n) is 9.26. The van der Waals surface area contributed by atoms with Crippen molar-refractivity contribution in [1.29, 1.82) is 0 Å². The van der Waals surface area contributed by atoms with E-state index in [0.29, 0.717) is 35.5 Å². The quantitative estimate of drug-likeness (QED) is 0.248. The van der Waals surface area contributed by atoms with Gasteiger partial charge in [0.05, 0.1) is 31.1 Å². The largest absolute Gasteiger partial charge is 0.493 e. The number of ether oxygens (including phenoxy) is 2. The van der Waals surface area contributed by atoms with Gasteiger partial charge in [-0.05, 0) is 49.1 Å². The predicted molar refractivity (Wildman–Crippen MR) is 141 cm³/mol. The van der Waals surface area contributed by atoms with E-state index in [2.05, 4.69) is 30.2 Å². The Morgan fingerprint density at radius 3 is 2.57 bits per heavy atom. The average molecular weight is 502 g/mol. The van der Waals surface area contributed by atoms with Crippen molar-refractivity contribution in [1.82, 2.24) is 14.5 Å². The third kappa shape index (κ3) is 6.98. The van der Waals surface area contributed by atoms with Crippen LogP contribution in [0.4, 0.5) is 4.39 Å². The van der Waals surface area contributed by atoms with Crippen molar-refractivity contribution < 1.29 is 13.9 Å². The summed E-state index contributed by atoms with van der Waals surface area (Å²) >= 11 is 6.72. The third-order valence-electron chi connectivity index (χ3n) is 6.12. The lowest BCUT2D eigenvalue weighted by Crippen LogP contribution is -2.26. The van der Waals surface area contributed by atoms with Crippen LogP contribution in [-0.4, -0.2) is 35.2 Å². The number of rotatable bonds is 13. The number of unbranched alkanes of at least 4 members (excludes halogenated alkanes) is 1. The molecule has 0 radical (unpaired) electrons. The van der Waals surface area contributed by atoms with Gasteiger partial charge in [-0.1, -0.05) is 57.0 Å². The molecule has 35 heavy (non-hydrogen) atoms. The highest BCUT2D eigenvalue weighted by Crippen LogP contribution is 2.38.